The zero-order valence-electron chi connectivity index (χ0n) is 6.86. The molecule has 14 heavy (non-hydrogen) atoms. The smallest absolute Gasteiger partial charge is 0.287 e. The first-order valence-electron chi connectivity index (χ1n) is 3.70. The Morgan fingerprint density at radius 2 is 2.21 bits per heavy atom. The lowest BCUT2D eigenvalue weighted by molar-refractivity contribution is -0.382. The maximum absolute atomic E-state index is 10.6. The molecular formula is C8H5ClN2O2S. The number of rotatable bonds is 1. The van der Waals surface area contributed by atoms with Gasteiger partial charge in [-0.3, -0.25) is 10.1 Å². The molecule has 0 aliphatic rings. The van der Waals surface area contributed by atoms with Gasteiger partial charge in [-0.1, -0.05) is 11.6 Å². The van der Waals surface area contributed by atoms with Gasteiger partial charge in [0, 0.05) is 4.70 Å². The number of nitrogen functional groups attached to an aromatic ring is 1. The van der Waals surface area contributed by atoms with Crippen molar-refractivity contribution in [2.24, 2.45) is 0 Å². The van der Waals surface area contributed by atoms with E-state index in [4.69, 9.17) is 17.3 Å². The number of thiophene rings is 1. The third kappa shape index (κ3) is 1.30. The fraction of sp³-hybridized carbons (Fsp3) is 0. The predicted molar refractivity (Wildman–Crippen MR) is 57.9 cm³/mol. The summed E-state index contributed by atoms with van der Waals surface area (Å²) in [6, 6.07) is 3.18. The van der Waals surface area contributed by atoms with Crippen LogP contribution in [0.3, 0.4) is 0 Å². The molecular weight excluding hydrogens is 224 g/mol. The molecule has 0 aliphatic carbocycles. The van der Waals surface area contributed by atoms with Crippen LogP contribution in [0.2, 0.25) is 5.02 Å². The Kier molecular flexibility index (Phi) is 2.05. The Bertz CT molecular complexity index is 523. The normalized spacial score (nSPS) is 10.6. The topological polar surface area (TPSA) is 69.2 Å². The number of hydrogen-bond donors (Lipinski definition) is 1. The summed E-state index contributed by atoms with van der Waals surface area (Å²) >= 11 is 7.06. The number of benzene rings is 1. The fourth-order valence-corrected chi connectivity index (χ4v) is 2.29. The van der Waals surface area contributed by atoms with Crippen LogP contribution in [0.1, 0.15) is 0 Å². The van der Waals surface area contributed by atoms with Crippen molar-refractivity contribution in [1.29, 1.82) is 0 Å². The molecule has 0 radical (unpaired) electrons. The van der Waals surface area contributed by atoms with Crippen LogP contribution < -0.4 is 5.73 Å². The van der Waals surface area contributed by atoms with Crippen molar-refractivity contribution in [3.63, 3.8) is 0 Å². The van der Waals surface area contributed by atoms with Gasteiger partial charge < -0.3 is 5.73 Å². The van der Waals surface area contributed by atoms with Crippen LogP contribution in [0.5, 0.6) is 0 Å². The summed E-state index contributed by atoms with van der Waals surface area (Å²) < 4.78 is 0.776. The van der Waals surface area contributed by atoms with Gasteiger partial charge in [-0.25, -0.2) is 0 Å². The summed E-state index contributed by atoms with van der Waals surface area (Å²) in [5, 5.41) is 13.0. The molecule has 2 rings (SSSR count). The van der Waals surface area contributed by atoms with Gasteiger partial charge in [0.25, 0.3) is 5.69 Å². The molecule has 0 saturated heterocycles. The summed E-state index contributed by atoms with van der Waals surface area (Å²) in [7, 11) is 0. The average Bonchev–Trinajstić information content (AvgIpc) is 2.48. The third-order valence-corrected chi connectivity index (χ3v) is 3.13. The lowest BCUT2D eigenvalue weighted by atomic mass is 10.2. The molecule has 2 N–H and O–H groups in total. The first-order valence-corrected chi connectivity index (χ1v) is 4.96. The van der Waals surface area contributed by atoms with Gasteiger partial charge in [0.15, 0.2) is 0 Å². The number of halogens is 1. The van der Waals surface area contributed by atoms with E-state index in [1.165, 1.54) is 22.8 Å². The van der Waals surface area contributed by atoms with Crippen molar-refractivity contribution in [2.45, 2.75) is 0 Å². The second-order valence-electron chi connectivity index (χ2n) is 2.75. The Hall–Kier alpha value is -1.33. The van der Waals surface area contributed by atoms with E-state index in [-0.39, 0.29) is 5.69 Å². The molecule has 2 aromatic rings. The number of anilines is 1. The Balaban J connectivity index is 2.80. The summed E-state index contributed by atoms with van der Waals surface area (Å²) in [6.07, 6.45) is 0. The van der Waals surface area contributed by atoms with E-state index < -0.39 is 4.92 Å². The van der Waals surface area contributed by atoms with Crippen LogP contribution in [0.4, 0.5) is 11.4 Å². The van der Waals surface area contributed by atoms with Crippen molar-refractivity contribution in [2.75, 3.05) is 5.73 Å². The lowest BCUT2D eigenvalue weighted by Gasteiger charge is -1.96. The zero-order valence-corrected chi connectivity index (χ0v) is 8.43. The quantitative estimate of drug-likeness (QED) is 0.463. The average molecular weight is 229 g/mol. The molecule has 0 fully saturated rings. The van der Waals surface area contributed by atoms with E-state index in [1.54, 1.807) is 6.07 Å². The summed E-state index contributed by atoms with van der Waals surface area (Å²) in [4.78, 5) is 10.2. The molecule has 1 heterocycles. The minimum absolute atomic E-state index is 0.0758. The predicted octanol–water partition coefficient (Wildman–Crippen LogP) is 3.05. The van der Waals surface area contributed by atoms with Gasteiger partial charge in [0.05, 0.1) is 26.4 Å². The van der Waals surface area contributed by atoms with E-state index in [0.29, 0.717) is 16.1 Å². The van der Waals surface area contributed by atoms with Crippen molar-refractivity contribution >= 4 is 44.4 Å². The number of hydrogen-bond acceptors (Lipinski definition) is 4. The van der Waals surface area contributed by atoms with Crippen molar-refractivity contribution in [1.82, 2.24) is 0 Å². The van der Waals surface area contributed by atoms with Gasteiger partial charge >= 0.3 is 0 Å². The summed E-state index contributed by atoms with van der Waals surface area (Å²) in [6.45, 7) is 0. The third-order valence-electron chi connectivity index (χ3n) is 1.87. The Morgan fingerprint density at radius 3 is 2.86 bits per heavy atom. The van der Waals surface area contributed by atoms with Crippen LogP contribution in [-0.4, -0.2) is 4.92 Å². The molecule has 0 bridgehead atoms. The van der Waals surface area contributed by atoms with Gasteiger partial charge in [-0.15, -0.1) is 11.3 Å². The van der Waals surface area contributed by atoms with Crippen molar-refractivity contribution in [3.8, 4) is 0 Å². The highest BCUT2D eigenvalue weighted by molar-refractivity contribution is 7.17. The number of nitro groups is 1. The monoisotopic (exact) mass is 228 g/mol. The van der Waals surface area contributed by atoms with Gasteiger partial charge in [-0.05, 0) is 12.1 Å². The van der Waals surface area contributed by atoms with Gasteiger partial charge in [0.2, 0.25) is 0 Å². The number of fused-ring (bicyclic) bond motifs is 1. The van der Waals surface area contributed by atoms with Crippen LogP contribution >= 0.6 is 22.9 Å². The molecule has 1 aromatic heterocycles. The standard InChI is InChI=1S/C8H5ClN2O2S/c9-5-1-4-7(11(12)13)3-14-8(4)2-6(5)10/h1-3H,10H2. The molecule has 4 nitrogen and oxygen atoms in total. The maximum atomic E-state index is 10.6. The van der Waals surface area contributed by atoms with Gasteiger partial charge in [0.1, 0.15) is 0 Å². The fourth-order valence-electron chi connectivity index (χ4n) is 1.19. The molecule has 72 valence electrons. The van der Waals surface area contributed by atoms with Gasteiger partial charge in [-0.2, -0.15) is 0 Å². The Morgan fingerprint density at radius 1 is 1.50 bits per heavy atom. The van der Waals surface area contributed by atoms with Crippen LogP contribution in [0.15, 0.2) is 17.5 Å². The second kappa shape index (κ2) is 3.11. The molecule has 0 atom stereocenters. The molecule has 0 aliphatic heterocycles. The second-order valence-corrected chi connectivity index (χ2v) is 4.07. The summed E-state index contributed by atoms with van der Waals surface area (Å²) in [5.74, 6) is 0. The minimum atomic E-state index is -0.425. The van der Waals surface area contributed by atoms with E-state index in [1.807, 2.05) is 0 Å². The molecule has 0 saturated carbocycles. The SMILES string of the molecule is Nc1cc2scc([N+](=O)[O-])c2cc1Cl. The first kappa shape index (κ1) is 9.23. The van der Waals surface area contributed by atoms with Crippen molar-refractivity contribution in [3.05, 3.63) is 32.6 Å². The largest absolute Gasteiger partial charge is 0.397 e. The van der Waals surface area contributed by atoms with E-state index in [2.05, 4.69) is 0 Å². The van der Waals surface area contributed by atoms with Crippen LogP contribution in [0.25, 0.3) is 10.1 Å². The van der Waals surface area contributed by atoms with Crippen molar-refractivity contribution < 1.29 is 4.92 Å². The molecule has 0 unspecified atom stereocenters. The minimum Gasteiger partial charge on any atom is -0.397 e. The highest BCUT2D eigenvalue weighted by Gasteiger charge is 2.15. The highest BCUT2D eigenvalue weighted by Crippen LogP contribution is 2.36. The highest BCUT2D eigenvalue weighted by atomic mass is 35.5. The molecule has 6 heteroatoms. The zero-order chi connectivity index (χ0) is 10.3. The molecule has 0 amide bonds. The van der Waals surface area contributed by atoms with Crippen LogP contribution in [0, 0.1) is 10.1 Å². The molecule has 1 aromatic carbocycles. The Labute approximate surface area is 88.0 Å². The van der Waals surface area contributed by atoms with E-state index >= 15 is 0 Å². The van der Waals surface area contributed by atoms with E-state index in [9.17, 15) is 10.1 Å². The summed E-state index contributed by atoms with van der Waals surface area (Å²) in [5.41, 5.74) is 6.09. The number of nitrogens with zero attached hydrogens (tertiary/aromatic N) is 1. The van der Waals surface area contributed by atoms with E-state index in [0.717, 1.165) is 4.70 Å². The van der Waals surface area contributed by atoms with Crippen LogP contribution in [-0.2, 0) is 0 Å². The molecule has 0 spiro atoms. The lowest BCUT2D eigenvalue weighted by Crippen LogP contribution is -1.87. The first-order chi connectivity index (χ1) is 6.59. The maximum Gasteiger partial charge on any atom is 0.287 e. The number of nitrogens with two attached hydrogens (primary N) is 1.